The van der Waals surface area contributed by atoms with Gasteiger partial charge in [-0.15, -0.1) is 0 Å². The molecule has 1 aliphatic heterocycles. The standard InChI is InChI=1S/C25H18Cl2FN3O5/c1-34-24(33)15-10-6-5-9-14(15)18-19(36-23(32)13-7-3-2-4-8-13)17(28)22(35-18)31-12-11-16-20(26)29-25(27)30-21(16)31/h2-12,17-19,22H,1H3/t17-,18+,19-,22+/m0/s1. The molecule has 5 rings (SSSR count). The van der Waals surface area contributed by atoms with E-state index >= 15 is 4.39 Å². The predicted molar refractivity (Wildman–Crippen MR) is 129 cm³/mol. The zero-order chi connectivity index (χ0) is 25.4. The predicted octanol–water partition coefficient (Wildman–Crippen LogP) is 5.36. The molecule has 0 spiro atoms. The van der Waals surface area contributed by atoms with Gasteiger partial charge in [0.15, 0.2) is 18.5 Å². The van der Waals surface area contributed by atoms with Crippen molar-refractivity contribution in [1.29, 1.82) is 0 Å². The molecule has 0 bridgehead atoms. The van der Waals surface area contributed by atoms with E-state index in [9.17, 15) is 9.59 Å². The summed E-state index contributed by atoms with van der Waals surface area (Å²) >= 11 is 12.2. The van der Waals surface area contributed by atoms with Crippen LogP contribution in [-0.4, -0.2) is 45.9 Å². The minimum Gasteiger partial charge on any atom is -0.465 e. The second kappa shape index (κ2) is 9.85. The summed E-state index contributed by atoms with van der Waals surface area (Å²) < 4.78 is 34.2. The Bertz CT molecular complexity index is 1450. The van der Waals surface area contributed by atoms with Crippen molar-refractivity contribution in [2.24, 2.45) is 0 Å². The number of carbonyl (C=O) groups is 2. The van der Waals surface area contributed by atoms with Gasteiger partial charge in [-0.25, -0.2) is 19.0 Å². The maximum Gasteiger partial charge on any atom is 0.338 e. The molecule has 1 aliphatic rings. The van der Waals surface area contributed by atoms with Crippen LogP contribution in [0, 0.1) is 0 Å². The summed E-state index contributed by atoms with van der Waals surface area (Å²) in [6.07, 6.45) is -4.15. The van der Waals surface area contributed by atoms with Crippen molar-refractivity contribution in [1.82, 2.24) is 14.5 Å². The Morgan fingerprint density at radius 3 is 2.47 bits per heavy atom. The van der Waals surface area contributed by atoms with Gasteiger partial charge in [0.2, 0.25) is 5.28 Å². The number of methoxy groups -OCH3 is 1. The molecule has 0 N–H and O–H groups in total. The lowest BCUT2D eigenvalue weighted by Gasteiger charge is -2.21. The van der Waals surface area contributed by atoms with Crippen molar-refractivity contribution in [2.75, 3.05) is 7.11 Å². The third-order valence-corrected chi connectivity index (χ3v) is 6.33. The topological polar surface area (TPSA) is 92.5 Å². The highest BCUT2D eigenvalue weighted by Crippen LogP contribution is 2.45. The number of carbonyl (C=O) groups excluding carboxylic acids is 2. The molecule has 8 nitrogen and oxygen atoms in total. The molecular weight excluding hydrogens is 512 g/mol. The zero-order valence-corrected chi connectivity index (χ0v) is 20.2. The lowest BCUT2D eigenvalue weighted by atomic mass is 9.97. The van der Waals surface area contributed by atoms with Gasteiger partial charge in [0.1, 0.15) is 16.9 Å². The molecule has 1 saturated heterocycles. The highest BCUT2D eigenvalue weighted by molar-refractivity contribution is 6.35. The molecule has 0 radical (unpaired) electrons. The molecule has 4 aromatic rings. The number of fused-ring (bicyclic) bond motifs is 1. The van der Waals surface area contributed by atoms with E-state index < -0.39 is 36.5 Å². The summed E-state index contributed by atoms with van der Waals surface area (Å²) in [7, 11) is 1.24. The summed E-state index contributed by atoms with van der Waals surface area (Å²) in [6, 6.07) is 16.2. The Morgan fingerprint density at radius 2 is 1.72 bits per heavy atom. The molecule has 2 aromatic carbocycles. The van der Waals surface area contributed by atoms with Crippen molar-refractivity contribution in [2.45, 2.75) is 24.6 Å². The molecule has 184 valence electrons. The van der Waals surface area contributed by atoms with Gasteiger partial charge in [0.25, 0.3) is 0 Å². The number of hydrogen-bond donors (Lipinski definition) is 0. The highest BCUT2D eigenvalue weighted by atomic mass is 35.5. The number of rotatable bonds is 5. The first kappa shape index (κ1) is 24.2. The summed E-state index contributed by atoms with van der Waals surface area (Å²) in [5.41, 5.74) is 0.945. The minimum atomic E-state index is -1.85. The van der Waals surface area contributed by atoms with Gasteiger partial charge in [-0.1, -0.05) is 48.0 Å². The van der Waals surface area contributed by atoms with Gasteiger partial charge < -0.3 is 18.8 Å². The average molecular weight is 530 g/mol. The Balaban J connectivity index is 1.58. The van der Waals surface area contributed by atoms with Crippen LogP contribution in [0.5, 0.6) is 0 Å². The van der Waals surface area contributed by atoms with E-state index in [1.54, 1.807) is 54.6 Å². The number of alkyl halides is 1. The van der Waals surface area contributed by atoms with E-state index in [1.165, 1.54) is 23.9 Å². The van der Waals surface area contributed by atoms with Crippen LogP contribution in [0.1, 0.15) is 38.6 Å². The van der Waals surface area contributed by atoms with Crippen LogP contribution in [0.15, 0.2) is 66.9 Å². The molecule has 0 aliphatic carbocycles. The van der Waals surface area contributed by atoms with Crippen molar-refractivity contribution in [3.8, 4) is 0 Å². The van der Waals surface area contributed by atoms with E-state index in [4.69, 9.17) is 37.4 Å². The van der Waals surface area contributed by atoms with Gasteiger partial charge in [0.05, 0.1) is 23.6 Å². The fraction of sp³-hybridized carbons (Fsp3) is 0.200. The highest BCUT2D eigenvalue weighted by Gasteiger charge is 2.50. The van der Waals surface area contributed by atoms with Gasteiger partial charge >= 0.3 is 11.9 Å². The van der Waals surface area contributed by atoms with Crippen LogP contribution >= 0.6 is 23.2 Å². The molecule has 3 heterocycles. The van der Waals surface area contributed by atoms with Crippen LogP contribution in [-0.2, 0) is 14.2 Å². The van der Waals surface area contributed by atoms with Gasteiger partial charge in [0, 0.05) is 6.20 Å². The lowest BCUT2D eigenvalue weighted by molar-refractivity contribution is -0.0302. The largest absolute Gasteiger partial charge is 0.465 e. The number of halogens is 3. The smallest absolute Gasteiger partial charge is 0.338 e. The lowest BCUT2D eigenvalue weighted by Crippen LogP contribution is -2.31. The van der Waals surface area contributed by atoms with E-state index in [-0.39, 0.29) is 27.2 Å². The Morgan fingerprint density at radius 1 is 1.00 bits per heavy atom. The molecular formula is C25H18Cl2FN3O5. The van der Waals surface area contributed by atoms with Crippen LogP contribution in [0.2, 0.25) is 10.4 Å². The zero-order valence-electron chi connectivity index (χ0n) is 18.7. The Labute approximate surface area is 214 Å². The Hall–Kier alpha value is -3.53. The number of aromatic nitrogens is 3. The molecule has 0 unspecified atom stereocenters. The normalized spacial score (nSPS) is 21.4. The molecule has 1 fully saturated rings. The van der Waals surface area contributed by atoms with Gasteiger partial charge in [-0.2, -0.15) is 4.98 Å². The van der Waals surface area contributed by atoms with Crippen molar-refractivity contribution in [3.63, 3.8) is 0 Å². The first-order chi connectivity index (χ1) is 17.4. The summed E-state index contributed by atoms with van der Waals surface area (Å²) in [4.78, 5) is 33.4. The van der Waals surface area contributed by atoms with E-state index in [1.807, 2.05) is 0 Å². The van der Waals surface area contributed by atoms with Crippen LogP contribution < -0.4 is 0 Å². The van der Waals surface area contributed by atoms with Gasteiger partial charge in [-0.05, 0) is 41.4 Å². The monoisotopic (exact) mass is 529 g/mol. The average Bonchev–Trinajstić information content (AvgIpc) is 3.45. The Kier molecular flexibility index (Phi) is 6.61. The van der Waals surface area contributed by atoms with Crippen molar-refractivity contribution in [3.05, 3.63) is 94.0 Å². The maximum absolute atomic E-state index is 16.1. The van der Waals surface area contributed by atoms with Crippen molar-refractivity contribution >= 4 is 46.2 Å². The quantitative estimate of drug-likeness (QED) is 0.195. The molecule has 0 amide bonds. The third kappa shape index (κ3) is 4.30. The second-order valence-electron chi connectivity index (χ2n) is 7.95. The van der Waals surface area contributed by atoms with Gasteiger partial charge in [-0.3, -0.25) is 0 Å². The van der Waals surface area contributed by atoms with Crippen LogP contribution in [0.4, 0.5) is 4.39 Å². The van der Waals surface area contributed by atoms with Crippen LogP contribution in [0.25, 0.3) is 11.0 Å². The maximum atomic E-state index is 16.1. The molecule has 11 heteroatoms. The number of nitrogens with zero attached hydrogens (tertiary/aromatic N) is 3. The van der Waals surface area contributed by atoms with Crippen LogP contribution in [0.3, 0.4) is 0 Å². The fourth-order valence-electron chi connectivity index (χ4n) is 4.21. The number of hydrogen-bond acceptors (Lipinski definition) is 7. The minimum absolute atomic E-state index is 0.0943. The number of esters is 2. The third-order valence-electron chi connectivity index (χ3n) is 5.87. The second-order valence-corrected chi connectivity index (χ2v) is 8.65. The molecule has 0 saturated carbocycles. The fourth-order valence-corrected chi connectivity index (χ4v) is 4.65. The SMILES string of the molecule is COC(=O)c1ccccc1[C@H]1O[C@@H](n2ccc3c(Cl)nc(Cl)nc32)[C@@H](F)[C@@H]1OC(=O)c1ccccc1. The first-order valence-electron chi connectivity index (χ1n) is 10.8. The van der Waals surface area contributed by atoms with E-state index in [0.29, 0.717) is 10.9 Å². The van der Waals surface area contributed by atoms with Crippen molar-refractivity contribution < 1.29 is 28.2 Å². The molecule has 36 heavy (non-hydrogen) atoms. The van der Waals surface area contributed by atoms with E-state index in [0.717, 1.165) is 0 Å². The summed E-state index contributed by atoms with van der Waals surface area (Å²) in [5.74, 6) is -1.38. The first-order valence-corrected chi connectivity index (χ1v) is 11.6. The number of ether oxygens (including phenoxy) is 3. The number of benzene rings is 2. The summed E-state index contributed by atoms with van der Waals surface area (Å²) in [5, 5.41) is 0.408. The summed E-state index contributed by atoms with van der Waals surface area (Å²) in [6.45, 7) is 0. The molecule has 2 aromatic heterocycles. The van der Waals surface area contributed by atoms with E-state index in [2.05, 4.69) is 9.97 Å². The molecule has 4 atom stereocenters.